The normalized spacial score (nSPS) is 21.9. The summed E-state index contributed by atoms with van der Waals surface area (Å²) in [5.74, 6) is 0. The molecular weight excluding hydrogens is 478 g/mol. The molecule has 0 amide bonds. The van der Waals surface area contributed by atoms with Gasteiger partial charge in [0.25, 0.3) is 0 Å². The molecule has 6 N–H and O–H groups in total. The number of hydrogen-bond acceptors (Lipinski definition) is 8. The molecule has 0 aromatic rings. The topological polar surface area (TPSA) is 124 Å². The largest absolute Gasteiger partial charge is 0.397 e. The Bertz CT molecular complexity index is 379. The second-order valence-electron chi connectivity index (χ2n) is 9.65. The molecular formula is C26H59N5O4S. The van der Waals surface area contributed by atoms with Crippen molar-refractivity contribution in [3.63, 3.8) is 0 Å². The summed E-state index contributed by atoms with van der Waals surface area (Å²) in [4.78, 5) is 0. The monoisotopic (exact) mass is 537 g/mol. The summed E-state index contributed by atoms with van der Waals surface area (Å²) in [6, 6.07) is 0. The SMILES string of the molecule is C1CCNCC1.C1CCNCC1.C1CCNCC1.C1CCNCC1.C1CCNCC1.COS(=O)(=O)O. The third-order valence-electron chi connectivity index (χ3n) is 6.25. The van der Waals surface area contributed by atoms with Crippen molar-refractivity contribution in [2.24, 2.45) is 0 Å². The standard InChI is InChI=1S/5C5H11N.CH4O4S/c5*1-2-4-6-5-3-1;1-5-6(2,3)4/h5*6H,1-5H2;1H3,(H,2,3,4). The van der Waals surface area contributed by atoms with Crippen molar-refractivity contribution in [3.8, 4) is 0 Å². The Balaban J connectivity index is 0.000000408. The van der Waals surface area contributed by atoms with E-state index in [4.69, 9.17) is 4.55 Å². The minimum Gasteiger partial charge on any atom is -0.317 e. The van der Waals surface area contributed by atoms with Gasteiger partial charge < -0.3 is 26.6 Å². The maximum absolute atomic E-state index is 9.33. The van der Waals surface area contributed by atoms with Gasteiger partial charge in [-0.3, -0.25) is 8.74 Å². The molecule has 5 aliphatic heterocycles. The highest BCUT2D eigenvalue weighted by Crippen LogP contribution is 1.98. The van der Waals surface area contributed by atoms with Crippen LogP contribution >= 0.6 is 0 Å². The van der Waals surface area contributed by atoms with E-state index >= 15 is 0 Å². The van der Waals surface area contributed by atoms with Gasteiger partial charge in [-0.05, 0) is 130 Å². The molecule has 0 unspecified atom stereocenters. The highest BCUT2D eigenvalue weighted by molar-refractivity contribution is 7.80. The maximum atomic E-state index is 9.33. The van der Waals surface area contributed by atoms with Crippen molar-refractivity contribution < 1.29 is 17.2 Å². The van der Waals surface area contributed by atoms with Gasteiger partial charge >= 0.3 is 10.4 Å². The molecule has 0 saturated carbocycles. The van der Waals surface area contributed by atoms with Gasteiger partial charge in [0.05, 0.1) is 7.11 Å². The van der Waals surface area contributed by atoms with Crippen molar-refractivity contribution in [2.45, 2.75) is 96.3 Å². The molecule has 10 heteroatoms. The molecule has 5 saturated heterocycles. The Morgan fingerprint density at radius 3 is 0.583 bits per heavy atom. The van der Waals surface area contributed by atoms with E-state index in [0.717, 1.165) is 7.11 Å². The van der Waals surface area contributed by atoms with Crippen LogP contribution in [0.4, 0.5) is 0 Å². The van der Waals surface area contributed by atoms with E-state index in [1.165, 1.54) is 162 Å². The Kier molecular flexibility index (Phi) is 29.0. The van der Waals surface area contributed by atoms with Gasteiger partial charge in [-0.25, -0.2) is 0 Å². The lowest BCUT2D eigenvalue weighted by molar-refractivity contribution is 0.324. The molecule has 0 aromatic heterocycles. The minimum atomic E-state index is -4.16. The average molecular weight is 538 g/mol. The van der Waals surface area contributed by atoms with Crippen LogP contribution in [0.1, 0.15) is 96.3 Å². The predicted molar refractivity (Wildman–Crippen MR) is 152 cm³/mol. The van der Waals surface area contributed by atoms with Crippen LogP contribution in [-0.2, 0) is 14.6 Å². The van der Waals surface area contributed by atoms with Crippen molar-refractivity contribution in [1.29, 1.82) is 0 Å². The molecule has 5 fully saturated rings. The summed E-state index contributed by atoms with van der Waals surface area (Å²) in [5.41, 5.74) is 0. The van der Waals surface area contributed by atoms with E-state index in [9.17, 15) is 8.42 Å². The first-order valence-electron chi connectivity index (χ1n) is 14.6. The molecule has 5 rings (SSSR count). The second kappa shape index (κ2) is 29.2. The fraction of sp³-hybridized carbons (Fsp3) is 1.00. The highest BCUT2D eigenvalue weighted by atomic mass is 32.3. The van der Waals surface area contributed by atoms with E-state index in [1.54, 1.807) is 0 Å². The molecule has 5 aliphatic rings. The summed E-state index contributed by atoms with van der Waals surface area (Å²) in [6.07, 6.45) is 21.1. The smallest absolute Gasteiger partial charge is 0.317 e. The second-order valence-corrected chi connectivity index (χ2v) is 10.8. The average Bonchev–Trinajstić information content (AvgIpc) is 2.99. The molecule has 0 bridgehead atoms. The van der Waals surface area contributed by atoms with Gasteiger partial charge in [0.15, 0.2) is 0 Å². The van der Waals surface area contributed by atoms with Gasteiger partial charge in [0, 0.05) is 0 Å². The van der Waals surface area contributed by atoms with Crippen molar-refractivity contribution in [2.75, 3.05) is 72.6 Å². The molecule has 36 heavy (non-hydrogen) atoms. The quantitative estimate of drug-likeness (QED) is 0.280. The Morgan fingerprint density at radius 1 is 0.417 bits per heavy atom. The van der Waals surface area contributed by atoms with Crippen molar-refractivity contribution >= 4 is 10.4 Å². The Labute approximate surface area is 223 Å². The van der Waals surface area contributed by atoms with Gasteiger partial charge in [-0.15, -0.1) is 0 Å². The number of rotatable bonds is 1. The zero-order chi connectivity index (χ0) is 26.4. The predicted octanol–water partition coefficient (Wildman–Crippen LogP) is 3.24. The van der Waals surface area contributed by atoms with E-state index in [0.29, 0.717) is 0 Å². The summed E-state index contributed by atoms with van der Waals surface area (Å²) >= 11 is 0. The van der Waals surface area contributed by atoms with Crippen LogP contribution < -0.4 is 26.6 Å². The first-order chi connectivity index (χ1) is 17.6. The molecule has 0 aromatic carbocycles. The summed E-state index contributed by atoms with van der Waals surface area (Å²) in [5, 5.41) is 16.4. The van der Waals surface area contributed by atoms with Gasteiger partial charge in [-0.1, -0.05) is 32.1 Å². The third kappa shape index (κ3) is 33.7. The number of hydrogen-bond donors (Lipinski definition) is 6. The van der Waals surface area contributed by atoms with E-state index < -0.39 is 10.4 Å². The Morgan fingerprint density at radius 2 is 0.556 bits per heavy atom. The molecule has 5 heterocycles. The van der Waals surface area contributed by atoms with Crippen LogP contribution in [0.5, 0.6) is 0 Å². The summed E-state index contributed by atoms with van der Waals surface area (Å²) < 4.78 is 29.7. The fourth-order valence-electron chi connectivity index (χ4n) is 4.01. The van der Waals surface area contributed by atoms with Crippen LogP contribution in [0.25, 0.3) is 0 Å². The maximum Gasteiger partial charge on any atom is 0.397 e. The minimum absolute atomic E-state index is 0.870. The number of nitrogens with one attached hydrogen (secondary N) is 5. The van der Waals surface area contributed by atoms with Crippen LogP contribution in [0.2, 0.25) is 0 Å². The molecule has 0 atom stereocenters. The molecule has 0 aliphatic carbocycles. The third-order valence-corrected chi connectivity index (χ3v) is 6.67. The molecule has 218 valence electrons. The molecule has 9 nitrogen and oxygen atoms in total. The zero-order valence-corrected chi connectivity index (χ0v) is 24.1. The summed E-state index contributed by atoms with van der Waals surface area (Å²) in [7, 11) is -3.29. The van der Waals surface area contributed by atoms with Gasteiger partial charge in [0.2, 0.25) is 0 Å². The van der Waals surface area contributed by atoms with Gasteiger partial charge in [-0.2, -0.15) is 8.42 Å². The number of piperidine rings is 5. The fourth-order valence-corrected chi connectivity index (χ4v) is 4.01. The zero-order valence-electron chi connectivity index (χ0n) is 23.3. The lowest BCUT2D eigenvalue weighted by Crippen LogP contribution is -2.21. The lowest BCUT2D eigenvalue weighted by Gasteiger charge is -2.08. The van der Waals surface area contributed by atoms with Crippen LogP contribution in [0, 0.1) is 0 Å². The van der Waals surface area contributed by atoms with Crippen LogP contribution in [-0.4, -0.2) is 85.5 Å². The van der Waals surface area contributed by atoms with Crippen LogP contribution in [0.15, 0.2) is 0 Å². The highest BCUT2D eigenvalue weighted by Gasteiger charge is 1.96. The molecule has 0 spiro atoms. The Hall–Kier alpha value is -0.330. The van der Waals surface area contributed by atoms with E-state index in [2.05, 4.69) is 30.8 Å². The van der Waals surface area contributed by atoms with E-state index in [-0.39, 0.29) is 0 Å². The molecule has 0 radical (unpaired) electrons. The lowest BCUT2D eigenvalue weighted by atomic mass is 10.2. The van der Waals surface area contributed by atoms with E-state index in [1.807, 2.05) is 0 Å². The van der Waals surface area contributed by atoms with Crippen molar-refractivity contribution in [3.05, 3.63) is 0 Å². The first kappa shape index (κ1) is 35.7. The van der Waals surface area contributed by atoms with Crippen molar-refractivity contribution in [1.82, 2.24) is 26.6 Å². The summed E-state index contributed by atoms with van der Waals surface area (Å²) in [6.45, 7) is 12.5. The van der Waals surface area contributed by atoms with Crippen LogP contribution in [0.3, 0.4) is 0 Å². The first-order valence-corrected chi connectivity index (χ1v) is 16.0. The van der Waals surface area contributed by atoms with Gasteiger partial charge in [0.1, 0.15) is 0 Å².